The van der Waals surface area contributed by atoms with Crippen LogP contribution >= 0.6 is 11.6 Å². The molecule has 1 fully saturated rings. The van der Waals surface area contributed by atoms with Crippen LogP contribution in [0.25, 0.3) is 5.76 Å². The van der Waals surface area contributed by atoms with Crippen LogP contribution in [0.2, 0.25) is 5.02 Å². The third-order valence-electron chi connectivity index (χ3n) is 5.18. The van der Waals surface area contributed by atoms with Crippen LogP contribution in [0.15, 0.2) is 72.3 Å². The summed E-state index contributed by atoms with van der Waals surface area (Å²) in [6.45, 7) is 0. The molecule has 0 aromatic heterocycles. The zero-order valence-corrected chi connectivity index (χ0v) is 17.5. The number of hydrogen-bond donors (Lipinski definition) is 2. The van der Waals surface area contributed by atoms with E-state index in [9.17, 15) is 24.2 Å². The van der Waals surface area contributed by atoms with Crippen LogP contribution in [0.3, 0.4) is 0 Å². The van der Waals surface area contributed by atoms with Crippen LogP contribution in [-0.2, 0) is 9.59 Å². The number of methoxy groups -OCH3 is 1. The van der Waals surface area contributed by atoms with Crippen molar-refractivity contribution in [3.8, 4) is 11.5 Å². The Kier molecular flexibility index (Phi) is 5.59. The Bertz CT molecular complexity index is 1240. The summed E-state index contributed by atoms with van der Waals surface area (Å²) in [7, 11) is 1.44. The number of amides is 1. The lowest BCUT2D eigenvalue weighted by Crippen LogP contribution is -2.29. The molecule has 2 N–H and O–H groups in total. The molecule has 0 spiro atoms. The van der Waals surface area contributed by atoms with Crippen LogP contribution < -0.4 is 9.64 Å². The molecule has 1 amide bonds. The highest BCUT2D eigenvalue weighted by Crippen LogP contribution is 2.43. The molecular weight excluding hydrogens is 437 g/mol. The number of benzene rings is 3. The predicted octanol–water partition coefficient (Wildman–Crippen LogP) is 4.82. The number of phenols is 1. The molecule has 32 heavy (non-hydrogen) atoms. The third-order valence-corrected chi connectivity index (χ3v) is 5.48. The second-order valence-corrected chi connectivity index (χ2v) is 7.49. The van der Waals surface area contributed by atoms with E-state index in [1.54, 1.807) is 0 Å². The highest BCUT2D eigenvalue weighted by molar-refractivity contribution is 6.51. The average Bonchev–Trinajstić information content (AvgIpc) is 3.05. The van der Waals surface area contributed by atoms with Crippen LogP contribution in [-0.4, -0.2) is 29.0 Å². The van der Waals surface area contributed by atoms with Gasteiger partial charge >= 0.3 is 0 Å². The van der Waals surface area contributed by atoms with E-state index in [2.05, 4.69) is 0 Å². The van der Waals surface area contributed by atoms with E-state index in [0.29, 0.717) is 11.3 Å². The van der Waals surface area contributed by atoms with Gasteiger partial charge in [-0.1, -0.05) is 23.7 Å². The zero-order valence-electron chi connectivity index (χ0n) is 16.8. The van der Waals surface area contributed by atoms with E-state index in [1.165, 1.54) is 78.7 Å². The maximum Gasteiger partial charge on any atom is 0.300 e. The van der Waals surface area contributed by atoms with Gasteiger partial charge in [0.1, 0.15) is 23.1 Å². The number of nitrogens with zero attached hydrogens (tertiary/aromatic N) is 1. The van der Waals surface area contributed by atoms with Crippen molar-refractivity contribution in [3.05, 3.63) is 94.3 Å². The fourth-order valence-electron chi connectivity index (χ4n) is 3.64. The van der Waals surface area contributed by atoms with Gasteiger partial charge in [-0.2, -0.15) is 0 Å². The molecule has 1 atom stereocenters. The lowest BCUT2D eigenvalue weighted by Gasteiger charge is -2.25. The Balaban J connectivity index is 1.93. The maximum atomic E-state index is 13.5. The molecule has 4 rings (SSSR count). The van der Waals surface area contributed by atoms with Crippen molar-refractivity contribution >= 4 is 34.7 Å². The SMILES string of the molecule is COc1ccc(/C(O)=C2/C(=O)C(=O)N(c3ccc(F)cc3)C2c2ccc(O)cc2)cc1Cl. The first-order valence-corrected chi connectivity index (χ1v) is 9.89. The lowest BCUT2D eigenvalue weighted by atomic mass is 9.95. The number of ketones is 1. The average molecular weight is 454 g/mol. The van der Waals surface area contributed by atoms with Gasteiger partial charge in [-0.15, -0.1) is 0 Å². The summed E-state index contributed by atoms with van der Waals surface area (Å²) in [4.78, 5) is 27.2. The molecule has 8 heteroatoms. The molecule has 0 bridgehead atoms. The van der Waals surface area contributed by atoms with Crippen molar-refractivity contribution < 1.29 is 28.9 Å². The van der Waals surface area contributed by atoms with Crippen molar-refractivity contribution in [2.45, 2.75) is 6.04 Å². The number of anilines is 1. The molecule has 162 valence electrons. The quantitative estimate of drug-likeness (QED) is 0.336. The number of Topliss-reactive ketones (excluding diaryl/α,β-unsaturated/α-hetero) is 1. The molecule has 1 aliphatic heterocycles. The number of aliphatic hydroxyl groups excluding tert-OH is 1. The van der Waals surface area contributed by atoms with Gasteiger partial charge in [-0.3, -0.25) is 14.5 Å². The molecule has 0 saturated carbocycles. The second-order valence-electron chi connectivity index (χ2n) is 7.09. The Hall–Kier alpha value is -3.84. The summed E-state index contributed by atoms with van der Waals surface area (Å²) in [6.07, 6.45) is 0. The monoisotopic (exact) mass is 453 g/mol. The Morgan fingerprint density at radius 1 is 1.03 bits per heavy atom. The van der Waals surface area contributed by atoms with Crippen molar-refractivity contribution in [1.29, 1.82) is 0 Å². The molecule has 1 heterocycles. The molecule has 3 aromatic rings. The van der Waals surface area contributed by atoms with E-state index >= 15 is 0 Å². The van der Waals surface area contributed by atoms with Gasteiger partial charge in [0.15, 0.2) is 0 Å². The molecule has 6 nitrogen and oxygen atoms in total. The standard InChI is InChI=1S/C24H17ClFNO5/c1-32-19-11-4-14(12-18(19)25)22(29)20-21(13-2-9-17(28)10-3-13)27(24(31)23(20)30)16-7-5-15(26)6-8-16/h2-12,21,28-29H,1H3/b22-20-. The minimum atomic E-state index is -1.01. The first-order chi connectivity index (χ1) is 15.3. The highest BCUT2D eigenvalue weighted by atomic mass is 35.5. The van der Waals surface area contributed by atoms with Gasteiger partial charge < -0.3 is 14.9 Å². The van der Waals surface area contributed by atoms with Gasteiger partial charge in [-0.05, 0) is 60.2 Å². The maximum absolute atomic E-state index is 13.5. The minimum absolute atomic E-state index is 0.00517. The first kappa shape index (κ1) is 21.4. The fourth-order valence-corrected chi connectivity index (χ4v) is 3.90. The summed E-state index contributed by atoms with van der Waals surface area (Å²) >= 11 is 6.17. The van der Waals surface area contributed by atoms with Crippen LogP contribution in [0.4, 0.5) is 10.1 Å². The van der Waals surface area contributed by atoms with Crippen LogP contribution in [0.1, 0.15) is 17.2 Å². The number of halogens is 2. The van der Waals surface area contributed by atoms with Crippen LogP contribution in [0, 0.1) is 5.82 Å². The minimum Gasteiger partial charge on any atom is -0.508 e. The summed E-state index contributed by atoms with van der Waals surface area (Å²) in [6, 6.07) is 14.4. The summed E-state index contributed by atoms with van der Waals surface area (Å²) in [5.41, 5.74) is 0.800. The van der Waals surface area contributed by atoms with Gasteiger partial charge in [-0.25, -0.2) is 4.39 Å². The molecular formula is C24H17ClFNO5. The van der Waals surface area contributed by atoms with Crippen molar-refractivity contribution in [2.24, 2.45) is 0 Å². The van der Waals surface area contributed by atoms with Crippen molar-refractivity contribution in [2.75, 3.05) is 12.0 Å². The Morgan fingerprint density at radius 3 is 2.28 bits per heavy atom. The Labute approximate surface area is 187 Å². The van der Waals surface area contributed by atoms with E-state index < -0.39 is 29.3 Å². The van der Waals surface area contributed by atoms with Gasteiger partial charge in [0, 0.05) is 11.3 Å². The van der Waals surface area contributed by atoms with E-state index in [1.807, 2.05) is 0 Å². The Morgan fingerprint density at radius 2 is 1.69 bits per heavy atom. The van der Waals surface area contributed by atoms with Gasteiger partial charge in [0.05, 0.1) is 23.7 Å². The summed E-state index contributed by atoms with van der Waals surface area (Å²) in [5.74, 6) is -2.33. The third kappa shape index (κ3) is 3.67. The predicted molar refractivity (Wildman–Crippen MR) is 117 cm³/mol. The normalized spacial score (nSPS) is 17.6. The fraction of sp³-hybridized carbons (Fsp3) is 0.0833. The topological polar surface area (TPSA) is 87.1 Å². The van der Waals surface area contributed by atoms with Gasteiger partial charge in [0.2, 0.25) is 0 Å². The summed E-state index contributed by atoms with van der Waals surface area (Å²) in [5, 5.41) is 20.9. The van der Waals surface area contributed by atoms with Gasteiger partial charge in [0.25, 0.3) is 11.7 Å². The number of ether oxygens (including phenoxy) is 1. The number of phenolic OH excluding ortho intramolecular Hbond substituents is 1. The summed E-state index contributed by atoms with van der Waals surface area (Å²) < 4.78 is 18.6. The molecule has 1 saturated heterocycles. The number of rotatable bonds is 4. The zero-order chi connectivity index (χ0) is 23.0. The molecule has 1 aliphatic rings. The molecule has 3 aromatic carbocycles. The molecule has 0 radical (unpaired) electrons. The highest BCUT2D eigenvalue weighted by Gasteiger charge is 2.47. The lowest BCUT2D eigenvalue weighted by molar-refractivity contribution is -0.132. The van der Waals surface area contributed by atoms with E-state index in [4.69, 9.17) is 16.3 Å². The van der Waals surface area contributed by atoms with Crippen LogP contribution in [0.5, 0.6) is 11.5 Å². The second kappa shape index (κ2) is 8.36. The largest absolute Gasteiger partial charge is 0.508 e. The number of aliphatic hydroxyl groups is 1. The number of hydrogen-bond acceptors (Lipinski definition) is 5. The smallest absolute Gasteiger partial charge is 0.300 e. The molecule has 0 aliphatic carbocycles. The number of carbonyl (C=O) groups excluding carboxylic acids is 2. The number of carbonyl (C=O) groups is 2. The van der Waals surface area contributed by atoms with E-state index in [0.717, 1.165) is 0 Å². The van der Waals surface area contributed by atoms with Crippen molar-refractivity contribution in [3.63, 3.8) is 0 Å². The van der Waals surface area contributed by atoms with Crippen molar-refractivity contribution in [1.82, 2.24) is 0 Å². The number of aromatic hydroxyl groups is 1. The van der Waals surface area contributed by atoms with E-state index in [-0.39, 0.29) is 27.6 Å². The first-order valence-electron chi connectivity index (χ1n) is 9.51. The molecule has 1 unspecified atom stereocenters.